The third-order valence-corrected chi connectivity index (χ3v) is 4.42. The number of nitrogens with zero attached hydrogens (tertiary/aromatic N) is 1. The summed E-state index contributed by atoms with van der Waals surface area (Å²) in [6.07, 6.45) is 1.89. The Morgan fingerprint density at radius 2 is 2.30 bits per heavy atom. The van der Waals surface area contributed by atoms with Crippen LogP contribution in [0.25, 0.3) is 0 Å². The van der Waals surface area contributed by atoms with Crippen LogP contribution >= 0.6 is 11.8 Å². The molecule has 1 fully saturated rings. The van der Waals surface area contributed by atoms with Crippen molar-refractivity contribution in [3.05, 3.63) is 30.1 Å². The van der Waals surface area contributed by atoms with Crippen molar-refractivity contribution < 1.29 is 13.9 Å². The lowest BCUT2D eigenvalue weighted by Gasteiger charge is -2.22. The second kappa shape index (κ2) is 7.64. The van der Waals surface area contributed by atoms with Gasteiger partial charge in [0.05, 0.1) is 6.61 Å². The summed E-state index contributed by atoms with van der Waals surface area (Å²) in [5, 5.41) is 0. The molecule has 1 aromatic carbocycles. The normalized spacial score (nSPS) is 19.2. The lowest BCUT2D eigenvalue weighted by Crippen LogP contribution is -2.38. The largest absolute Gasteiger partial charge is 0.465 e. The molecule has 110 valence electrons. The highest BCUT2D eigenvalue weighted by Gasteiger charge is 2.31. The highest BCUT2D eigenvalue weighted by Crippen LogP contribution is 2.23. The highest BCUT2D eigenvalue weighted by molar-refractivity contribution is 7.99. The van der Waals surface area contributed by atoms with E-state index in [1.54, 1.807) is 12.1 Å². The maximum absolute atomic E-state index is 13.5. The van der Waals surface area contributed by atoms with E-state index in [2.05, 4.69) is 4.90 Å². The van der Waals surface area contributed by atoms with Crippen LogP contribution in [0.2, 0.25) is 0 Å². The molecule has 1 aromatic rings. The summed E-state index contributed by atoms with van der Waals surface area (Å²) in [5.74, 6) is 0.471. The molecule has 0 N–H and O–H groups in total. The molecule has 0 radical (unpaired) electrons. The molecular weight excluding hydrogens is 277 g/mol. The molecule has 0 saturated carbocycles. The third-order valence-electron chi connectivity index (χ3n) is 3.40. The van der Waals surface area contributed by atoms with Crippen LogP contribution in [0.4, 0.5) is 4.39 Å². The van der Waals surface area contributed by atoms with E-state index < -0.39 is 0 Å². The summed E-state index contributed by atoms with van der Waals surface area (Å²) in [7, 11) is 0. The van der Waals surface area contributed by atoms with Crippen LogP contribution in [-0.2, 0) is 9.53 Å². The second-order valence-electron chi connectivity index (χ2n) is 4.72. The van der Waals surface area contributed by atoms with Gasteiger partial charge in [0.2, 0.25) is 0 Å². The molecule has 1 aliphatic rings. The quantitative estimate of drug-likeness (QED) is 0.596. The molecular formula is C15H20FNO2S. The van der Waals surface area contributed by atoms with Crippen LogP contribution in [0.15, 0.2) is 29.2 Å². The zero-order valence-electron chi connectivity index (χ0n) is 11.7. The highest BCUT2D eigenvalue weighted by atomic mass is 32.2. The van der Waals surface area contributed by atoms with E-state index >= 15 is 0 Å². The summed E-state index contributed by atoms with van der Waals surface area (Å²) in [6.45, 7) is 3.95. The zero-order valence-corrected chi connectivity index (χ0v) is 12.5. The van der Waals surface area contributed by atoms with Crippen LogP contribution in [0.5, 0.6) is 0 Å². The van der Waals surface area contributed by atoms with Gasteiger partial charge in [0.25, 0.3) is 0 Å². The number of halogens is 1. The Labute approximate surface area is 123 Å². The van der Waals surface area contributed by atoms with Gasteiger partial charge in [-0.25, -0.2) is 4.39 Å². The van der Waals surface area contributed by atoms with Crippen molar-refractivity contribution in [3.63, 3.8) is 0 Å². The van der Waals surface area contributed by atoms with E-state index in [4.69, 9.17) is 4.74 Å². The van der Waals surface area contributed by atoms with Crippen molar-refractivity contribution in [1.29, 1.82) is 0 Å². The molecule has 0 aromatic heterocycles. The van der Waals surface area contributed by atoms with Gasteiger partial charge in [-0.15, -0.1) is 11.8 Å². The summed E-state index contributed by atoms with van der Waals surface area (Å²) in [4.78, 5) is 14.6. The van der Waals surface area contributed by atoms with E-state index in [1.807, 2.05) is 13.0 Å². The van der Waals surface area contributed by atoms with Crippen molar-refractivity contribution in [2.24, 2.45) is 0 Å². The number of likely N-dealkylation sites (tertiary alicyclic amines) is 1. The molecule has 0 amide bonds. The first-order valence-electron chi connectivity index (χ1n) is 7.00. The Morgan fingerprint density at radius 1 is 1.50 bits per heavy atom. The number of carbonyl (C=O) groups is 1. The Balaban J connectivity index is 1.81. The Morgan fingerprint density at radius 3 is 3.05 bits per heavy atom. The third kappa shape index (κ3) is 3.96. The van der Waals surface area contributed by atoms with Gasteiger partial charge in [0.15, 0.2) is 0 Å². The molecule has 3 nitrogen and oxygen atoms in total. The number of thioether (sulfide) groups is 1. The number of esters is 1. The molecule has 1 unspecified atom stereocenters. The van der Waals surface area contributed by atoms with Crippen LogP contribution in [0, 0.1) is 5.82 Å². The van der Waals surface area contributed by atoms with Crippen molar-refractivity contribution in [1.82, 2.24) is 4.90 Å². The maximum atomic E-state index is 13.5. The average molecular weight is 297 g/mol. The van der Waals surface area contributed by atoms with Gasteiger partial charge in [0.1, 0.15) is 11.9 Å². The van der Waals surface area contributed by atoms with E-state index in [0.29, 0.717) is 11.5 Å². The Hall–Kier alpha value is -1.07. The van der Waals surface area contributed by atoms with Gasteiger partial charge in [-0.2, -0.15) is 0 Å². The van der Waals surface area contributed by atoms with Crippen LogP contribution in [-0.4, -0.2) is 42.4 Å². The fourth-order valence-corrected chi connectivity index (χ4v) is 3.36. The minimum absolute atomic E-state index is 0.115. The predicted molar refractivity (Wildman–Crippen MR) is 78.4 cm³/mol. The summed E-state index contributed by atoms with van der Waals surface area (Å²) >= 11 is 1.49. The molecule has 0 bridgehead atoms. The second-order valence-corrected chi connectivity index (χ2v) is 5.86. The van der Waals surface area contributed by atoms with E-state index in [9.17, 15) is 9.18 Å². The van der Waals surface area contributed by atoms with Gasteiger partial charge in [0, 0.05) is 17.2 Å². The number of benzene rings is 1. The fourth-order valence-electron chi connectivity index (χ4n) is 2.43. The summed E-state index contributed by atoms with van der Waals surface area (Å²) in [6, 6.07) is 6.67. The summed E-state index contributed by atoms with van der Waals surface area (Å²) in [5.41, 5.74) is 0. The number of rotatable bonds is 6. The molecule has 1 heterocycles. The predicted octanol–water partition coefficient (Wildman–Crippen LogP) is 2.95. The van der Waals surface area contributed by atoms with E-state index in [0.717, 1.165) is 31.7 Å². The zero-order chi connectivity index (χ0) is 14.4. The molecule has 5 heteroatoms. The molecule has 1 atom stereocenters. The first-order valence-corrected chi connectivity index (χ1v) is 7.99. The summed E-state index contributed by atoms with van der Waals surface area (Å²) < 4.78 is 18.6. The average Bonchev–Trinajstić information content (AvgIpc) is 2.90. The smallest absolute Gasteiger partial charge is 0.323 e. The molecule has 2 rings (SSSR count). The van der Waals surface area contributed by atoms with Crippen molar-refractivity contribution in [3.8, 4) is 0 Å². The van der Waals surface area contributed by atoms with Gasteiger partial charge in [-0.05, 0) is 38.4 Å². The van der Waals surface area contributed by atoms with Crippen molar-refractivity contribution in [2.45, 2.75) is 30.7 Å². The number of hydrogen-bond acceptors (Lipinski definition) is 4. The van der Waals surface area contributed by atoms with Crippen molar-refractivity contribution >= 4 is 17.7 Å². The maximum Gasteiger partial charge on any atom is 0.323 e. The topological polar surface area (TPSA) is 29.5 Å². The molecule has 20 heavy (non-hydrogen) atoms. The van der Waals surface area contributed by atoms with Crippen molar-refractivity contribution in [2.75, 3.05) is 25.4 Å². The molecule has 0 aliphatic carbocycles. The van der Waals surface area contributed by atoms with E-state index in [-0.39, 0.29) is 17.8 Å². The fraction of sp³-hybridized carbons (Fsp3) is 0.533. The number of carbonyl (C=O) groups excluding carboxylic acids is 1. The Kier molecular flexibility index (Phi) is 5.86. The Bertz CT molecular complexity index is 455. The lowest BCUT2D eigenvalue weighted by molar-refractivity contribution is -0.148. The van der Waals surface area contributed by atoms with Crippen LogP contribution < -0.4 is 0 Å². The van der Waals surface area contributed by atoms with Gasteiger partial charge in [-0.1, -0.05) is 12.1 Å². The van der Waals surface area contributed by atoms with Crippen LogP contribution in [0.1, 0.15) is 19.8 Å². The minimum Gasteiger partial charge on any atom is -0.465 e. The molecule has 1 saturated heterocycles. The van der Waals surface area contributed by atoms with Gasteiger partial charge < -0.3 is 4.74 Å². The SMILES string of the molecule is CCOC(=O)C1CCCN1CCSc1ccccc1F. The first kappa shape index (κ1) is 15.3. The lowest BCUT2D eigenvalue weighted by atomic mass is 10.2. The first-order chi connectivity index (χ1) is 9.72. The van der Waals surface area contributed by atoms with Gasteiger partial charge >= 0.3 is 5.97 Å². The standard InChI is InChI=1S/C15H20FNO2S/c1-2-19-15(18)13-7-5-9-17(13)10-11-20-14-8-4-3-6-12(14)16/h3-4,6,8,13H,2,5,7,9-11H2,1H3. The molecule has 1 aliphatic heterocycles. The van der Waals surface area contributed by atoms with E-state index in [1.165, 1.54) is 17.8 Å². The van der Waals surface area contributed by atoms with Crippen LogP contribution in [0.3, 0.4) is 0 Å². The number of ether oxygens (including phenoxy) is 1. The monoisotopic (exact) mass is 297 g/mol. The van der Waals surface area contributed by atoms with Gasteiger partial charge in [-0.3, -0.25) is 9.69 Å². The molecule has 0 spiro atoms. The minimum atomic E-state index is -0.180. The number of hydrogen-bond donors (Lipinski definition) is 0.